The number of carbonyl (C=O) groups excluding carboxylic acids is 1. The van der Waals surface area contributed by atoms with Crippen molar-refractivity contribution in [2.45, 2.75) is 19.8 Å². The summed E-state index contributed by atoms with van der Waals surface area (Å²) in [5, 5.41) is 0. The minimum atomic E-state index is -0.494. The van der Waals surface area contributed by atoms with Gasteiger partial charge in [-0.25, -0.2) is 4.79 Å². The van der Waals surface area contributed by atoms with E-state index in [0.29, 0.717) is 34.5 Å². The van der Waals surface area contributed by atoms with Gasteiger partial charge in [-0.3, -0.25) is 0 Å². The fourth-order valence-corrected chi connectivity index (χ4v) is 2.29. The van der Waals surface area contributed by atoms with Crippen LogP contribution in [0.15, 0.2) is 36.4 Å². The molecule has 0 saturated carbocycles. The Morgan fingerprint density at radius 2 is 1.42 bits per heavy atom. The maximum Gasteiger partial charge on any atom is 0.343 e. The molecule has 2 aromatic carbocycles. The molecule has 0 aliphatic heterocycles. The van der Waals surface area contributed by atoms with E-state index < -0.39 is 5.97 Å². The van der Waals surface area contributed by atoms with Crippen LogP contribution in [-0.2, 0) is 0 Å². The molecule has 0 saturated heterocycles. The van der Waals surface area contributed by atoms with Crippen LogP contribution in [0.25, 0.3) is 0 Å². The third-order valence-electron chi connectivity index (χ3n) is 3.66. The normalized spacial score (nSPS) is 10.4. The molecule has 5 nitrogen and oxygen atoms in total. The van der Waals surface area contributed by atoms with Crippen LogP contribution in [0.5, 0.6) is 23.0 Å². The van der Waals surface area contributed by atoms with Crippen molar-refractivity contribution < 1.29 is 23.7 Å². The Morgan fingerprint density at radius 3 is 1.83 bits per heavy atom. The lowest BCUT2D eigenvalue weighted by Gasteiger charge is -2.14. The van der Waals surface area contributed by atoms with Crippen molar-refractivity contribution in [2.75, 3.05) is 21.3 Å². The van der Waals surface area contributed by atoms with Gasteiger partial charge in [0.1, 0.15) is 5.75 Å². The summed E-state index contributed by atoms with van der Waals surface area (Å²) in [6.07, 6.45) is 0. The summed E-state index contributed by atoms with van der Waals surface area (Å²) in [5.41, 5.74) is 1.50. The minimum absolute atomic E-state index is 0.317. The highest BCUT2D eigenvalue weighted by Gasteiger charge is 2.18. The summed E-state index contributed by atoms with van der Waals surface area (Å²) in [6, 6.07) is 10.6. The second kappa shape index (κ2) is 7.73. The van der Waals surface area contributed by atoms with Crippen LogP contribution in [0, 0.1) is 0 Å². The summed E-state index contributed by atoms with van der Waals surface area (Å²) in [6.45, 7) is 4.22. The molecule has 5 heteroatoms. The van der Waals surface area contributed by atoms with Crippen molar-refractivity contribution in [1.82, 2.24) is 0 Å². The van der Waals surface area contributed by atoms with E-state index in [9.17, 15) is 4.79 Å². The Balaban J connectivity index is 2.26. The quantitative estimate of drug-likeness (QED) is 0.591. The first-order valence-electron chi connectivity index (χ1n) is 7.62. The SMILES string of the molecule is COc1cc(C(=O)Oc2ccc(C(C)C)cc2)cc(OC)c1OC. The number of carbonyl (C=O) groups is 1. The lowest BCUT2D eigenvalue weighted by Crippen LogP contribution is -2.09. The number of ether oxygens (including phenoxy) is 4. The fraction of sp³-hybridized carbons (Fsp3) is 0.316. The van der Waals surface area contributed by atoms with Crippen molar-refractivity contribution in [3.8, 4) is 23.0 Å². The molecule has 0 aliphatic rings. The molecule has 24 heavy (non-hydrogen) atoms. The zero-order chi connectivity index (χ0) is 17.7. The average molecular weight is 330 g/mol. The largest absolute Gasteiger partial charge is 0.493 e. The second-order valence-corrected chi connectivity index (χ2v) is 5.53. The number of hydrogen-bond acceptors (Lipinski definition) is 5. The first kappa shape index (κ1) is 17.7. The van der Waals surface area contributed by atoms with Crippen LogP contribution in [0.2, 0.25) is 0 Å². The number of esters is 1. The van der Waals surface area contributed by atoms with E-state index >= 15 is 0 Å². The first-order chi connectivity index (χ1) is 11.5. The summed E-state index contributed by atoms with van der Waals surface area (Å²) >= 11 is 0. The second-order valence-electron chi connectivity index (χ2n) is 5.53. The fourth-order valence-electron chi connectivity index (χ4n) is 2.29. The molecule has 0 N–H and O–H groups in total. The highest BCUT2D eigenvalue weighted by molar-refractivity contribution is 5.92. The molecule has 0 aromatic heterocycles. The molecule has 2 rings (SSSR count). The molecule has 0 fully saturated rings. The van der Waals surface area contributed by atoms with Gasteiger partial charge in [-0.15, -0.1) is 0 Å². The number of benzene rings is 2. The molecule has 2 aromatic rings. The highest BCUT2D eigenvalue weighted by Crippen LogP contribution is 2.38. The molecular formula is C19H22O5. The van der Waals surface area contributed by atoms with Crippen LogP contribution >= 0.6 is 0 Å². The van der Waals surface area contributed by atoms with Gasteiger partial charge in [-0.2, -0.15) is 0 Å². The molecule has 0 aliphatic carbocycles. The molecule has 0 amide bonds. The van der Waals surface area contributed by atoms with E-state index in [0.717, 1.165) is 0 Å². The Kier molecular flexibility index (Phi) is 5.68. The minimum Gasteiger partial charge on any atom is -0.493 e. The molecule has 0 unspecified atom stereocenters. The highest BCUT2D eigenvalue weighted by atomic mass is 16.5. The van der Waals surface area contributed by atoms with Crippen molar-refractivity contribution in [3.63, 3.8) is 0 Å². The molecule has 0 bridgehead atoms. The lowest BCUT2D eigenvalue weighted by atomic mass is 10.0. The third kappa shape index (κ3) is 3.79. The summed E-state index contributed by atoms with van der Waals surface area (Å²) in [4.78, 5) is 12.4. The molecule has 0 heterocycles. The molecule has 0 spiro atoms. The van der Waals surface area contributed by atoms with Gasteiger partial charge in [0.05, 0.1) is 26.9 Å². The zero-order valence-electron chi connectivity index (χ0n) is 14.6. The van der Waals surface area contributed by atoms with Crippen LogP contribution in [-0.4, -0.2) is 27.3 Å². The Labute approximate surface area is 142 Å². The lowest BCUT2D eigenvalue weighted by molar-refractivity contribution is 0.0734. The third-order valence-corrected chi connectivity index (χ3v) is 3.66. The number of rotatable bonds is 6. The van der Waals surface area contributed by atoms with E-state index in [2.05, 4.69) is 13.8 Å². The predicted octanol–water partition coefficient (Wildman–Crippen LogP) is 4.06. The van der Waals surface area contributed by atoms with Crippen molar-refractivity contribution >= 4 is 5.97 Å². The van der Waals surface area contributed by atoms with Crippen molar-refractivity contribution in [2.24, 2.45) is 0 Å². The first-order valence-corrected chi connectivity index (χ1v) is 7.62. The van der Waals surface area contributed by atoms with Gasteiger partial charge in [0.15, 0.2) is 11.5 Å². The average Bonchev–Trinajstić information content (AvgIpc) is 2.60. The Morgan fingerprint density at radius 1 is 0.875 bits per heavy atom. The number of methoxy groups -OCH3 is 3. The van der Waals surface area contributed by atoms with Crippen LogP contribution in [0.1, 0.15) is 35.7 Å². The Hall–Kier alpha value is -2.69. The Bertz CT molecular complexity index is 679. The predicted molar refractivity (Wildman–Crippen MR) is 91.6 cm³/mol. The summed E-state index contributed by atoms with van der Waals surface area (Å²) in [7, 11) is 4.50. The van der Waals surface area contributed by atoms with E-state index in [-0.39, 0.29) is 0 Å². The summed E-state index contributed by atoms with van der Waals surface area (Å²) < 4.78 is 21.2. The van der Waals surface area contributed by atoms with E-state index in [1.54, 1.807) is 24.3 Å². The standard InChI is InChI=1S/C19H22O5/c1-12(2)13-6-8-15(9-7-13)24-19(20)14-10-16(21-3)18(23-5)17(11-14)22-4/h6-12H,1-5H3. The van der Waals surface area contributed by atoms with Gasteiger partial charge in [0.25, 0.3) is 0 Å². The topological polar surface area (TPSA) is 54.0 Å². The van der Waals surface area contributed by atoms with Gasteiger partial charge in [-0.05, 0) is 35.7 Å². The number of hydrogen-bond donors (Lipinski definition) is 0. The smallest absolute Gasteiger partial charge is 0.343 e. The van der Waals surface area contributed by atoms with Gasteiger partial charge in [-0.1, -0.05) is 26.0 Å². The van der Waals surface area contributed by atoms with E-state index in [1.165, 1.54) is 26.9 Å². The van der Waals surface area contributed by atoms with E-state index in [1.807, 2.05) is 12.1 Å². The molecule has 0 atom stereocenters. The molecule has 0 radical (unpaired) electrons. The molecular weight excluding hydrogens is 308 g/mol. The van der Waals surface area contributed by atoms with Gasteiger partial charge in [0, 0.05) is 0 Å². The maximum atomic E-state index is 12.4. The van der Waals surface area contributed by atoms with Crippen molar-refractivity contribution in [1.29, 1.82) is 0 Å². The summed E-state index contributed by atoms with van der Waals surface area (Å²) in [5.74, 6) is 1.64. The van der Waals surface area contributed by atoms with Gasteiger partial charge >= 0.3 is 5.97 Å². The van der Waals surface area contributed by atoms with Crippen LogP contribution in [0.3, 0.4) is 0 Å². The zero-order valence-corrected chi connectivity index (χ0v) is 14.6. The van der Waals surface area contributed by atoms with Gasteiger partial charge in [0.2, 0.25) is 5.75 Å². The van der Waals surface area contributed by atoms with Crippen LogP contribution < -0.4 is 18.9 Å². The van der Waals surface area contributed by atoms with Gasteiger partial charge < -0.3 is 18.9 Å². The van der Waals surface area contributed by atoms with E-state index in [4.69, 9.17) is 18.9 Å². The van der Waals surface area contributed by atoms with Crippen molar-refractivity contribution in [3.05, 3.63) is 47.5 Å². The van der Waals surface area contributed by atoms with Crippen LogP contribution in [0.4, 0.5) is 0 Å². The maximum absolute atomic E-state index is 12.4. The molecule has 128 valence electrons. The monoisotopic (exact) mass is 330 g/mol.